The molecule has 1 fully saturated rings. The number of rotatable bonds is 5. The molecule has 1 aliphatic heterocycles. The van der Waals surface area contributed by atoms with Gasteiger partial charge < -0.3 is 14.5 Å². The van der Waals surface area contributed by atoms with Gasteiger partial charge in [-0.15, -0.1) is 0 Å². The van der Waals surface area contributed by atoms with Crippen molar-refractivity contribution < 1.29 is 13.9 Å². The average Bonchev–Trinajstić information content (AvgIpc) is 3.06. The second kappa shape index (κ2) is 6.11. The van der Waals surface area contributed by atoms with Gasteiger partial charge in [0.05, 0.1) is 11.9 Å². The lowest BCUT2D eigenvalue weighted by Crippen LogP contribution is -2.44. The maximum atomic E-state index is 11.7. The van der Waals surface area contributed by atoms with Crippen LogP contribution in [-0.4, -0.2) is 36.7 Å². The highest BCUT2D eigenvalue weighted by atomic mass is 32.2. The fraction of sp³-hybridized carbons (Fsp3) is 0.462. The Kier molecular flexibility index (Phi) is 4.49. The highest BCUT2D eigenvalue weighted by Gasteiger charge is 2.34. The van der Waals surface area contributed by atoms with Gasteiger partial charge in [0.1, 0.15) is 5.76 Å². The Balaban J connectivity index is 1.81. The van der Waals surface area contributed by atoms with Crippen LogP contribution in [0, 0.1) is 0 Å². The number of nitrogens with one attached hydrogen (secondary N) is 1. The number of hydrogen-bond acceptors (Lipinski definition) is 4. The molecule has 0 unspecified atom stereocenters. The SMILES string of the molecule is CO[C@@]1(CNC(=O)/C=C/c2ccco2)CCSC1. The Morgan fingerprint density at radius 1 is 1.72 bits per heavy atom. The van der Waals surface area contributed by atoms with E-state index in [0.717, 1.165) is 17.9 Å². The molecule has 5 heteroatoms. The first kappa shape index (κ1) is 13.2. The molecule has 1 aliphatic rings. The number of methoxy groups -OCH3 is 1. The second-order valence-electron chi connectivity index (χ2n) is 4.26. The van der Waals surface area contributed by atoms with E-state index in [1.165, 1.54) is 6.08 Å². The molecule has 18 heavy (non-hydrogen) atoms. The van der Waals surface area contributed by atoms with E-state index in [9.17, 15) is 4.79 Å². The molecule has 1 atom stereocenters. The van der Waals surface area contributed by atoms with E-state index in [-0.39, 0.29) is 11.5 Å². The zero-order chi connectivity index (χ0) is 12.8. The largest absolute Gasteiger partial charge is 0.465 e. The van der Waals surface area contributed by atoms with Gasteiger partial charge >= 0.3 is 0 Å². The highest BCUT2D eigenvalue weighted by Crippen LogP contribution is 2.30. The van der Waals surface area contributed by atoms with Crippen molar-refractivity contribution in [3.8, 4) is 0 Å². The fourth-order valence-electron chi connectivity index (χ4n) is 1.81. The Labute approximate surface area is 111 Å². The van der Waals surface area contributed by atoms with E-state index in [4.69, 9.17) is 9.15 Å². The van der Waals surface area contributed by atoms with E-state index in [1.807, 2.05) is 11.8 Å². The summed E-state index contributed by atoms with van der Waals surface area (Å²) in [5.74, 6) is 2.57. The third kappa shape index (κ3) is 3.40. The molecule has 0 spiro atoms. The van der Waals surface area contributed by atoms with Gasteiger partial charge in [-0.3, -0.25) is 4.79 Å². The van der Waals surface area contributed by atoms with Crippen LogP contribution in [0.4, 0.5) is 0 Å². The number of ether oxygens (including phenoxy) is 1. The van der Waals surface area contributed by atoms with E-state index >= 15 is 0 Å². The van der Waals surface area contributed by atoms with Crippen LogP contribution in [0.5, 0.6) is 0 Å². The summed E-state index contributed by atoms with van der Waals surface area (Å²) in [5.41, 5.74) is -0.196. The molecule has 0 aliphatic carbocycles. The standard InChI is InChI=1S/C13H17NO3S/c1-16-13(6-8-18-10-13)9-14-12(15)5-4-11-3-2-7-17-11/h2-5,7H,6,8-10H2,1H3,(H,14,15)/b5-4+/t13-/m1/s1. The predicted molar refractivity (Wildman–Crippen MR) is 72.4 cm³/mol. The van der Waals surface area contributed by atoms with Gasteiger partial charge in [0.25, 0.3) is 0 Å². The molecule has 1 N–H and O–H groups in total. The van der Waals surface area contributed by atoms with Gasteiger partial charge in [0.15, 0.2) is 0 Å². The van der Waals surface area contributed by atoms with Crippen molar-refractivity contribution in [1.29, 1.82) is 0 Å². The number of thioether (sulfide) groups is 1. The molecule has 2 rings (SSSR count). The lowest BCUT2D eigenvalue weighted by atomic mass is 10.0. The van der Waals surface area contributed by atoms with Gasteiger partial charge in [-0.2, -0.15) is 11.8 Å². The van der Waals surface area contributed by atoms with Crippen LogP contribution in [0.2, 0.25) is 0 Å². The van der Waals surface area contributed by atoms with Gasteiger partial charge in [-0.25, -0.2) is 0 Å². The van der Waals surface area contributed by atoms with Gasteiger partial charge in [0.2, 0.25) is 5.91 Å². The van der Waals surface area contributed by atoms with Crippen molar-refractivity contribution in [2.75, 3.05) is 25.2 Å². The molecule has 1 aromatic rings. The third-order valence-corrected chi connectivity index (χ3v) is 4.25. The number of furan rings is 1. The molecule has 4 nitrogen and oxygen atoms in total. The summed E-state index contributed by atoms with van der Waals surface area (Å²) in [7, 11) is 1.71. The van der Waals surface area contributed by atoms with Crippen LogP contribution in [-0.2, 0) is 9.53 Å². The molecule has 0 aromatic carbocycles. The van der Waals surface area contributed by atoms with Crippen LogP contribution >= 0.6 is 11.8 Å². The van der Waals surface area contributed by atoms with Crippen LogP contribution < -0.4 is 5.32 Å². The van der Waals surface area contributed by atoms with Crippen molar-refractivity contribution in [1.82, 2.24) is 5.32 Å². The topological polar surface area (TPSA) is 51.5 Å². The summed E-state index contributed by atoms with van der Waals surface area (Å²) in [6.07, 6.45) is 5.69. The van der Waals surface area contributed by atoms with E-state index in [2.05, 4.69) is 5.32 Å². The third-order valence-electron chi connectivity index (χ3n) is 3.03. The summed E-state index contributed by atoms with van der Waals surface area (Å²) >= 11 is 1.86. The number of amides is 1. The Morgan fingerprint density at radius 2 is 2.61 bits per heavy atom. The Morgan fingerprint density at radius 3 is 3.22 bits per heavy atom. The molecule has 2 heterocycles. The minimum atomic E-state index is -0.196. The maximum Gasteiger partial charge on any atom is 0.244 e. The first-order valence-electron chi connectivity index (χ1n) is 5.86. The molecule has 0 saturated carbocycles. The normalized spacial score (nSPS) is 23.6. The van der Waals surface area contributed by atoms with Gasteiger partial charge in [-0.1, -0.05) is 0 Å². The van der Waals surface area contributed by atoms with Crippen molar-refractivity contribution in [2.45, 2.75) is 12.0 Å². The summed E-state index contributed by atoms with van der Waals surface area (Å²) in [6.45, 7) is 0.553. The van der Waals surface area contributed by atoms with Crippen molar-refractivity contribution in [3.63, 3.8) is 0 Å². The summed E-state index contributed by atoms with van der Waals surface area (Å²) in [5, 5.41) is 2.87. The smallest absolute Gasteiger partial charge is 0.244 e. The molecule has 0 radical (unpaired) electrons. The number of hydrogen-bond donors (Lipinski definition) is 1. The minimum absolute atomic E-state index is 0.125. The summed E-state index contributed by atoms with van der Waals surface area (Å²) < 4.78 is 10.6. The van der Waals surface area contributed by atoms with Crippen LogP contribution in [0.25, 0.3) is 6.08 Å². The first-order valence-corrected chi connectivity index (χ1v) is 7.02. The molecule has 1 amide bonds. The molecule has 1 saturated heterocycles. The van der Waals surface area contributed by atoms with E-state index in [1.54, 1.807) is 31.6 Å². The van der Waals surface area contributed by atoms with Crippen molar-refractivity contribution in [3.05, 3.63) is 30.2 Å². The fourth-order valence-corrected chi connectivity index (χ4v) is 3.21. The average molecular weight is 267 g/mol. The first-order chi connectivity index (χ1) is 8.74. The van der Waals surface area contributed by atoms with Crippen LogP contribution in [0.15, 0.2) is 28.9 Å². The monoisotopic (exact) mass is 267 g/mol. The Hall–Kier alpha value is -1.20. The maximum absolute atomic E-state index is 11.7. The molecular weight excluding hydrogens is 250 g/mol. The molecule has 98 valence electrons. The lowest BCUT2D eigenvalue weighted by Gasteiger charge is -2.26. The van der Waals surface area contributed by atoms with Gasteiger partial charge in [-0.05, 0) is 30.4 Å². The van der Waals surface area contributed by atoms with E-state index < -0.39 is 0 Å². The van der Waals surface area contributed by atoms with Crippen LogP contribution in [0.3, 0.4) is 0 Å². The van der Waals surface area contributed by atoms with Crippen LogP contribution in [0.1, 0.15) is 12.2 Å². The summed E-state index contributed by atoms with van der Waals surface area (Å²) in [6, 6.07) is 3.58. The number of carbonyl (C=O) groups is 1. The number of carbonyl (C=O) groups excluding carboxylic acids is 1. The van der Waals surface area contributed by atoms with Crippen molar-refractivity contribution in [2.24, 2.45) is 0 Å². The quantitative estimate of drug-likeness (QED) is 0.828. The molecule has 0 bridgehead atoms. The highest BCUT2D eigenvalue weighted by molar-refractivity contribution is 7.99. The lowest BCUT2D eigenvalue weighted by molar-refractivity contribution is -0.117. The zero-order valence-electron chi connectivity index (χ0n) is 10.3. The Bertz CT molecular complexity index is 408. The van der Waals surface area contributed by atoms with E-state index in [0.29, 0.717) is 12.3 Å². The minimum Gasteiger partial charge on any atom is -0.465 e. The van der Waals surface area contributed by atoms with Crippen molar-refractivity contribution >= 4 is 23.7 Å². The molecular formula is C13H17NO3S. The van der Waals surface area contributed by atoms with Gasteiger partial charge in [0, 0.05) is 25.5 Å². The second-order valence-corrected chi connectivity index (χ2v) is 5.36. The summed E-state index contributed by atoms with van der Waals surface area (Å²) in [4.78, 5) is 11.7. The molecule has 1 aromatic heterocycles. The predicted octanol–water partition coefficient (Wildman–Crippen LogP) is 1.93. The zero-order valence-corrected chi connectivity index (χ0v) is 11.2.